The number of methoxy groups -OCH3 is 1. The van der Waals surface area contributed by atoms with Crippen molar-refractivity contribution in [1.82, 2.24) is 5.32 Å². The average molecular weight is 276 g/mol. The molecular formula is C12H15F3N2O2. The fourth-order valence-electron chi connectivity index (χ4n) is 1.34. The van der Waals surface area contributed by atoms with E-state index in [4.69, 9.17) is 4.74 Å². The summed E-state index contributed by atoms with van der Waals surface area (Å²) in [5.41, 5.74) is -0.506. The van der Waals surface area contributed by atoms with Crippen LogP contribution in [0.1, 0.15) is 5.56 Å². The lowest BCUT2D eigenvalue weighted by molar-refractivity contribution is -0.137. The third-order valence-electron chi connectivity index (χ3n) is 2.27. The Balaban J connectivity index is 2.47. The summed E-state index contributed by atoms with van der Waals surface area (Å²) in [5, 5.41) is 5.18. The van der Waals surface area contributed by atoms with Crippen LogP contribution in [0.25, 0.3) is 0 Å². The molecule has 2 N–H and O–H groups in total. The van der Waals surface area contributed by atoms with Crippen LogP contribution in [0.2, 0.25) is 0 Å². The first-order valence-electron chi connectivity index (χ1n) is 5.60. The van der Waals surface area contributed by atoms with E-state index in [0.717, 1.165) is 12.1 Å². The zero-order valence-corrected chi connectivity index (χ0v) is 10.4. The second-order valence-electron chi connectivity index (χ2n) is 3.77. The van der Waals surface area contributed by atoms with Gasteiger partial charge in [0.05, 0.1) is 18.7 Å². The highest BCUT2D eigenvalue weighted by atomic mass is 19.4. The van der Waals surface area contributed by atoms with Crippen LogP contribution >= 0.6 is 0 Å². The number of carbonyl (C=O) groups excluding carboxylic acids is 1. The van der Waals surface area contributed by atoms with Gasteiger partial charge in [0.1, 0.15) is 0 Å². The van der Waals surface area contributed by atoms with Gasteiger partial charge in [0.2, 0.25) is 5.91 Å². The molecule has 1 rings (SSSR count). The molecular weight excluding hydrogens is 261 g/mol. The van der Waals surface area contributed by atoms with Crippen LogP contribution < -0.4 is 10.6 Å². The van der Waals surface area contributed by atoms with Gasteiger partial charge in [0.15, 0.2) is 0 Å². The number of halogens is 3. The monoisotopic (exact) mass is 276 g/mol. The molecule has 1 amide bonds. The summed E-state index contributed by atoms with van der Waals surface area (Å²) in [4.78, 5) is 11.3. The molecule has 106 valence electrons. The Morgan fingerprint density at radius 3 is 2.74 bits per heavy atom. The lowest BCUT2D eigenvalue weighted by Gasteiger charge is -2.10. The Kier molecular flexibility index (Phi) is 5.62. The maximum absolute atomic E-state index is 12.5. The van der Waals surface area contributed by atoms with Crippen molar-refractivity contribution in [2.75, 3.05) is 32.1 Å². The molecule has 0 radical (unpaired) electrons. The van der Waals surface area contributed by atoms with Gasteiger partial charge in [-0.15, -0.1) is 0 Å². The number of amides is 1. The van der Waals surface area contributed by atoms with E-state index in [1.807, 2.05) is 0 Å². The normalized spacial score (nSPS) is 11.2. The van der Waals surface area contributed by atoms with Crippen molar-refractivity contribution in [3.8, 4) is 0 Å². The second kappa shape index (κ2) is 6.98. The maximum atomic E-state index is 12.5. The number of hydrogen-bond acceptors (Lipinski definition) is 3. The molecule has 0 bridgehead atoms. The van der Waals surface area contributed by atoms with Gasteiger partial charge in [-0.05, 0) is 18.2 Å². The number of alkyl halides is 3. The Hall–Kier alpha value is -1.76. The smallest absolute Gasteiger partial charge is 0.383 e. The summed E-state index contributed by atoms with van der Waals surface area (Å²) < 4.78 is 42.1. The molecule has 0 spiro atoms. The zero-order chi connectivity index (χ0) is 14.3. The Morgan fingerprint density at radius 1 is 1.37 bits per heavy atom. The largest absolute Gasteiger partial charge is 0.416 e. The lowest BCUT2D eigenvalue weighted by atomic mass is 10.2. The van der Waals surface area contributed by atoms with Crippen LogP contribution in [-0.4, -0.2) is 32.7 Å². The van der Waals surface area contributed by atoms with E-state index in [2.05, 4.69) is 10.6 Å². The molecule has 0 aliphatic heterocycles. The van der Waals surface area contributed by atoms with Gasteiger partial charge >= 0.3 is 6.18 Å². The fraction of sp³-hybridized carbons (Fsp3) is 0.417. The van der Waals surface area contributed by atoms with Gasteiger partial charge in [-0.1, -0.05) is 6.07 Å². The number of ether oxygens (including phenoxy) is 1. The lowest BCUT2D eigenvalue weighted by Crippen LogP contribution is -2.32. The van der Waals surface area contributed by atoms with E-state index >= 15 is 0 Å². The van der Waals surface area contributed by atoms with Gasteiger partial charge < -0.3 is 15.4 Å². The molecule has 0 fully saturated rings. The van der Waals surface area contributed by atoms with Gasteiger partial charge in [-0.25, -0.2) is 0 Å². The molecule has 0 aliphatic carbocycles. The van der Waals surface area contributed by atoms with Crippen LogP contribution in [0.4, 0.5) is 18.9 Å². The predicted octanol–water partition coefficient (Wildman–Crippen LogP) is 1.88. The molecule has 0 aliphatic rings. The average Bonchev–Trinajstić information content (AvgIpc) is 2.36. The molecule has 0 heterocycles. The summed E-state index contributed by atoms with van der Waals surface area (Å²) >= 11 is 0. The van der Waals surface area contributed by atoms with Crippen LogP contribution in [0.15, 0.2) is 24.3 Å². The summed E-state index contributed by atoms with van der Waals surface area (Å²) in [6.07, 6.45) is -4.39. The second-order valence-corrected chi connectivity index (χ2v) is 3.77. The van der Waals surface area contributed by atoms with Crippen molar-refractivity contribution in [2.45, 2.75) is 6.18 Å². The summed E-state index contributed by atoms with van der Waals surface area (Å²) in [6.45, 7) is 0.653. The molecule has 19 heavy (non-hydrogen) atoms. The minimum absolute atomic E-state index is 0.0922. The molecule has 7 heteroatoms. The topological polar surface area (TPSA) is 50.4 Å². The van der Waals surface area contributed by atoms with Crippen LogP contribution in [0, 0.1) is 0 Å². The van der Waals surface area contributed by atoms with E-state index in [9.17, 15) is 18.0 Å². The number of carbonyl (C=O) groups is 1. The molecule has 0 saturated carbocycles. The summed E-state index contributed by atoms with van der Waals surface area (Å²) in [6, 6.07) is 4.69. The van der Waals surface area contributed by atoms with Gasteiger partial charge in [0.25, 0.3) is 0 Å². The third kappa shape index (κ3) is 5.60. The highest BCUT2D eigenvalue weighted by Gasteiger charge is 2.30. The Labute approximate surface area is 108 Å². The maximum Gasteiger partial charge on any atom is 0.416 e. The first kappa shape index (κ1) is 15.3. The minimum Gasteiger partial charge on any atom is -0.383 e. The minimum atomic E-state index is -4.39. The fourth-order valence-corrected chi connectivity index (χ4v) is 1.34. The highest BCUT2D eigenvalue weighted by Crippen LogP contribution is 2.30. The van der Waals surface area contributed by atoms with Crippen molar-refractivity contribution in [1.29, 1.82) is 0 Å². The Morgan fingerprint density at radius 2 is 2.11 bits per heavy atom. The van der Waals surface area contributed by atoms with E-state index < -0.39 is 11.7 Å². The van der Waals surface area contributed by atoms with Crippen molar-refractivity contribution in [3.63, 3.8) is 0 Å². The summed E-state index contributed by atoms with van der Waals surface area (Å²) in [7, 11) is 1.51. The molecule has 0 saturated heterocycles. The van der Waals surface area contributed by atoms with E-state index in [0.29, 0.717) is 13.2 Å². The molecule has 0 aromatic heterocycles. The van der Waals surface area contributed by atoms with Crippen LogP contribution in [0.5, 0.6) is 0 Å². The molecule has 1 aromatic rings. The SMILES string of the molecule is COCCNC(=O)CNc1cccc(C(F)(F)F)c1. The Bertz CT molecular complexity index is 422. The number of benzene rings is 1. The van der Waals surface area contributed by atoms with Gasteiger partial charge in [-0.2, -0.15) is 13.2 Å². The van der Waals surface area contributed by atoms with Crippen LogP contribution in [0.3, 0.4) is 0 Å². The number of rotatable bonds is 6. The van der Waals surface area contributed by atoms with Crippen molar-refractivity contribution in [2.24, 2.45) is 0 Å². The molecule has 0 atom stereocenters. The van der Waals surface area contributed by atoms with Crippen molar-refractivity contribution < 1.29 is 22.7 Å². The number of nitrogens with one attached hydrogen (secondary N) is 2. The van der Waals surface area contributed by atoms with Crippen molar-refractivity contribution >= 4 is 11.6 Å². The van der Waals surface area contributed by atoms with Crippen molar-refractivity contribution in [3.05, 3.63) is 29.8 Å². The van der Waals surface area contributed by atoms with E-state index in [1.165, 1.54) is 19.2 Å². The zero-order valence-electron chi connectivity index (χ0n) is 10.4. The van der Waals surface area contributed by atoms with E-state index in [-0.39, 0.29) is 18.1 Å². The van der Waals surface area contributed by atoms with Gasteiger partial charge in [0, 0.05) is 19.3 Å². The number of anilines is 1. The van der Waals surface area contributed by atoms with Crippen LogP contribution in [-0.2, 0) is 15.7 Å². The first-order chi connectivity index (χ1) is 8.93. The highest BCUT2D eigenvalue weighted by molar-refractivity contribution is 5.80. The summed E-state index contributed by atoms with van der Waals surface area (Å²) in [5.74, 6) is -0.311. The van der Waals surface area contributed by atoms with E-state index in [1.54, 1.807) is 0 Å². The predicted molar refractivity (Wildman–Crippen MR) is 64.8 cm³/mol. The third-order valence-corrected chi connectivity index (χ3v) is 2.27. The first-order valence-corrected chi connectivity index (χ1v) is 5.60. The molecule has 4 nitrogen and oxygen atoms in total. The number of hydrogen-bond donors (Lipinski definition) is 2. The molecule has 0 unspecified atom stereocenters. The van der Waals surface area contributed by atoms with Gasteiger partial charge in [-0.3, -0.25) is 4.79 Å². The molecule has 1 aromatic carbocycles. The quantitative estimate of drug-likeness (QED) is 0.780. The standard InChI is InChI=1S/C12H15F3N2O2/c1-19-6-5-16-11(18)8-17-10-4-2-3-9(7-10)12(13,14)15/h2-4,7,17H,5-6,8H2,1H3,(H,16,18).